The molecule has 62 valence electrons. The van der Waals surface area contributed by atoms with E-state index in [1.54, 1.807) is 0 Å². The highest BCUT2D eigenvalue weighted by Crippen LogP contribution is 1.95. The molecular weight excluding hydrogens is 148 g/mol. The second-order valence-corrected chi connectivity index (χ2v) is 2.49. The molecule has 1 rings (SSSR count). The highest BCUT2D eigenvalue weighted by Gasteiger charge is 1.81. The molecule has 0 fully saturated rings. The molecule has 0 heterocycles. The van der Waals surface area contributed by atoms with Gasteiger partial charge in [0, 0.05) is 18.6 Å². The lowest BCUT2D eigenvalue weighted by molar-refractivity contribution is 0.290. The Bertz CT molecular complexity index is 266. The van der Waals surface area contributed by atoms with E-state index in [2.05, 4.69) is 11.8 Å². The number of hydrogen-bond acceptors (Lipinski definition) is 1. The van der Waals surface area contributed by atoms with Crippen LogP contribution in [-0.2, 0) is 0 Å². The maximum Gasteiger partial charge on any atom is 0.0440 e. The molecule has 0 aromatic heterocycles. The van der Waals surface area contributed by atoms with E-state index in [1.165, 1.54) is 0 Å². The molecule has 0 spiro atoms. The van der Waals surface area contributed by atoms with Crippen LogP contribution in [0.1, 0.15) is 18.4 Å². The second-order valence-electron chi connectivity index (χ2n) is 2.49. The summed E-state index contributed by atoms with van der Waals surface area (Å²) in [6.07, 6.45) is 1.53. The van der Waals surface area contributed by atoms with Crippen LogP contribution < -0.4 is 0 Å². The Kier molecular flexibility index (Phi) is 3.97. The van der Waals surface area contributed by atoms with E-state index >= 15 is 0 Å². The van der Waals surface area contributed by atoms with Gasteiger partial charge in [-0.3, -0.25) is 0 Å². The Morgan fingerprint density at radius 3 is 2.58 bits per heavy atom. The SMILES string of the molecule is OCCCC#Cc1ccccc1. The number of aliphatic hydroxyl groups is 1. The molecule has 0 aliphatic rings. The van der Waals surface area contributed by atoms with Gasteiger partial charge in [-0.05, 0) is 18.6 Å². The summed E-state index contributed by atoms with van der Waals surface area (Å²) >= 11 is 0. The van der Waals surface area contributed by atoms with Crippen LogP contribution in [0.15, 0.2) is 30.3 Å². The smallest absolute Gasteiger partial charge is 0.0440 e. The molecule has 1 nitrogen and oxygen atoms in total. The molecule has 1 heteroatoms. The van der Waals surface area contributed by atoms with Gasteiger partial charge in [0.2, 0.25) is 0 Å². The first-order chi connectivity index (χ1) is 5.93. The fourth-order valence-electron chi connectivity index (χ4n) is 0.853. The summed E-state index contributed by atoms with van der Waals surface area (Å²) in [5, 5.41) is 8.50. The number of unbranched alkanes of at least 4 members (excludes halogenated alkanes) is 1. The summed E-state index contributed by atoms with van der Waals surface area (Å²) in [6.45, 7) is 0.226. The predicted molar refractivity (Wildman–Crippen MR) is 49.6 cm³/mol. The van der Waals surface area contributed by atoms with Crippen LogP contribution in [0.4, 0.5) is 0 Å². The third-order valence-corrected chi connectivity index (χ3v) is 1.47. The van der Waals surface area contributed by atoms with Crippen molar-refractivity contribution in [1.82, 2.24) is 0 Å². The van der Waals surface area contributed by atoms with Crippen molar-refractivity contribution in [2.75, 3.05) is 6.61 Å². The van der Waals surface area contributed by atoms with Crippen LogP contribution >= 0.6 is 0 Å². The van der Waals surface area contributed by atoms with E-state index in [4.69, 9.17) is 5.11 Å². The Labute approximate surface area is 73.0 Å². The molecule has 0 saturated carbocycles. The van der Waals surface area contributed by atoms with E-state index in [0.29, 0.717) is 0 Å². The van der Waals surface area contributed by atoms with Crippen LogP contribution in [0.3, 0.4) is 0 Å². The van der Waals surface area contributed by atoms with Crippen LogP contribution in [0, 0.1) is 11.8 Å². The molecule has 12 heavy (non-hydrogen) atoms. The summed E-state index contributed by atoms with van der Waals surface area (Å²) in [6, 6.07) is 9.86. The Balaban J connectivity index is 2.44. The topological polar surface area (TPSA) is 20.2 Å². The largest absolute Gasteiger partial charge is 0.396 e. The van der Waals surface area contributed by atoms with Crippen molar-refractivity contribution in [3.8, 4) is 11.8 Å². The van der Waals surface area contributed by atoms with E-state index in [-0.39, 0.29) is 6.61 Å². The lowest BCUT2D eigenvalue weighted by Gasteiger charge is -1.86. The lowest BCUT2D eigenvalue weighted by atomic mass is 10.2. The van der Waals surface area contributed by atoms with Gasteiger partial charge >= 0.3 is 0 Å². The average Bonchev–Trinajstić information content (AvgIpc) is 2.14. The van der Waals surface area contributed by atoms with Crippen molar-refractivity contribution in [2.45, 2.75) is 12.8 Å². The molecule has 1 aromatic carbocycles. The van der Waals surface area contributed by atoms with Gasteiger partial charge in [-0.25, -0.2) is 0 Å². The molecule has 0 aliphatic heterocycles. The van der Waals surface area contributed by atoms with Crippen molar-refractivity contribution < 1.29 is 5.11 Å². The molecule has 0 bridgehead atoms. The minimum atomic E-state index is 0.226. The first-order valence-electron chi connectivity index (χ1n) is 4.08. The highest BCUT2D eigenvalue weighted by molar-refractivity contribution is 5.33. The number of hydrogen-bond donors (Lipinski definition) is 1. The summed E-state index contributed by atoms with van der Waals surface area (Å²) in [4.78, 5) is 0. The molecule has 0 atom stereocenters. The van der Waals surface area contributed by atoms with Crippen molar-refractivity contribution in [2.24, 2.45) is 0 Å². The number of rotatable bonds is 2. The van der Waals surface area contributed by atoms with Crippen molar-refractivity contribution in [3.63, 3.8) is 0 Å². The molecule has 0 unspecified atom stereocenters. The van der Waals surface area contributed by atoms with Crippen LogP contribution in [0.25, 0.3) is 0 Å². The number of benzene rings is 1. The van der Waals surface area contributed by atoms with E-state index < -0.39 is 0 Å². The molecule has 0 aliphatic carbocycles. The fourth-order valence-corrected chi connectivity index (χ4v) is 0.853. The summed E-state index contributed by atoms with van der Waals surface area (Å²) in [5.41, 5.74) is 1.04. The van der Waals surface area contributed by atoms with Gasteiger partial charge in [-0.15, -0.1) is 0 Å². The zero-order chi connectivity index (χ0) is 8.65. The normalized spacial score (nSPS) is 8.75. The zero-order valence-corrected chi connectivity index (χ0v) is 6.96. The monoisotopic (exact) mass is 160 g/mol. The second kappa shape index (κ2) is 5.40. The Morgan fingerprint density at radius 2 is 1.92 bits per heavy atom. The van der Waals surface area contributed by atoms with Crippen molar-refractivity contribution >= 4 is 0 Å². The summed E-state index contributed by atoms with van der Waals surface area (Å²) in [7, 11) is 0. The maximum atomic E-state index is 8.50. The Morgan fingerprint density at radius 1 is 1.17 bits per heavy atom. The molecule has 0 saturated heterocycles. The van der Waals surface area contributed by atoms with Gasteiger partial charge < -0.3 is 5.11 Å². The minimum Gasteiger partial charge on any atom is -0.396 e. The average molecular weight is 160 g/mol. The zero-order valence-electron chi connectivity index (χ0n) is 6.96. The Hall–Kier alpha value is -1.26. The summed E-state index contributed by atoms with van der Waals surface area (Å²) < 4.78 is 0. The van der Waals surface area contributed by atoms with Gasteiger partial charge in [0.05, 0.1) is 0 Å². The number of aliphatic hydroxyl groups excluding tert-OH is 1. The quantitative estimate of drug-likeness (QED) is 0.516. The van der Waals surface area contributed by atoms with Gasteiger partial charge in [-0.2, -0.15) is 0 Å². The fraction of sp³-hybridized carbons (Fsp3) is 0.273. The molecule has 0 radical (unpaired) electrons. The first-order valence-corrected chi connectivity index (χ1v) is 4.08. The third-order valence-electron chi connectivity index (χ3n) is 1.47. The van der Waals surface area contributed by atoms with Crippen molar-refractivity contribution in [3.05, 3.63) is 35.9 Å². The minimum absolute atomic E-state index is 0.226. The third kappa shape index (κ3) is 3.23. The van der Waals surface area contributed by atoms with E-state index in [1.807, 2.05) is 30.3 Å². The standard InChI is InChI=1S/C11H12O/c12-10-6-2-5-9-11-7-3-1-4-8-11/h1,3-4,7-8,12H,2,6,10H2. The van der Waals surface area contributed by atoms with E-state index in [9.17, 15) is 0 Å². The molecule has 0 amide bonds. The van der Waals surface area contributed by atoms with Gasteiger partial charge in [0.1, 0.15) is 0 Å². The predicted octanol–water partition coefficient (Wildman–Crippen LogP) is 1.81. The van der Waals surface area contributed by atoms with E-state index in [0.717, 1.165) is 18.4 Å². The van der Waals surface area contributed by atoms with Gasteiger partial charge in [-0.1, -0.05) is 30.0 Å². The molecule has 1 aromatic rings. The highest BCUT2D eigenvalue weighted by atomic mass is 16.2. The summed E-state index contributed by atoms with van der Waals surface area (Å²) in [5.74, 6) is 6.01. The lowest BCUT2D eigenvalue weighted by Crippen LogP contribution is -1.79. The molecular formula is C11H12O. The molecule has 1 N–H and O–H groups in total. The van der Waals surface area contributed by atoms with Gasteiger partial charge in [0.25, 0.3) is 0 Å². The van der Waals surface area contributed by atoms with Gasteiger partial charge in [0.15, 0.2) is 0 Å². The first kappa shape index (κ1) is 8.83. The van der Waals surface area contributed by atoms with Crippen LogP contribution in [0.2, 0.25) is 0 Å². The van der Waals surface area contributed by atoms with Crippen LogP contribution in [0.5, 0.6) is 0 Å². The van der Waals surface area contributed by atoms with Crippen LogP contribution in [-0.4, -0.2) is 11.7 Å². The maximum absolute atomic E-state index is 8.50. The van der Waals surface area contributed by atoms with Crippen molar-refractivity contribution in [1.29, 1.82) is 0 Å².